The van der Waals surface area contributed by atoms with Gasteiger partial charge in [-0.3, -0.25) is 15.2 Å². The van der Waals surface area contributed by atoms with Crippen molar-refractivity contribution >= 4 is 11.9 Å². The molecule has 0 saturated carbocycles. The summed E-state index contributed by atoms with van der Waals surface area (Å²) in [6, 6.07) is 7.57. The molecule has 3 rings (SSSR count). The summed E-state index contributed by atoms with van der Waals surface area (Å²) < 4.78 is 6.99. The highest BCUT2D eigenvalue weighted by Gasteiger charge is 2.18. The molecule has 130 valence electrons. The van der Waals surface area contributed by atoms with Gasteiger partial charge in [0.05, 0.1) is 24.6 Å². The minimum atomic E-state index is -0.326. The monoisotopic (exact) mass is 340 g/mol. The van der Waals surface area contributed by atoms with Crippen LogP contribution in [0.1, 0.15) is 36.1 Å². The van der Waals surface area contributed by atoms with Gasteiger partial charge in [-0.05, 0) is 32.9 Å². The Labute approximate surface area is 145 Å². The molecule has 3 aromatic rings. The minimum absolute atomic E-state index is 0.166. The number of H-pyrrole nitrogens is 1. The molecule has 0 bridgehead atoms. The first-order valence-corrected chi connectivity index (χ1v) is 7.92. The number of amides is 1. The van der Waals surface area contributed by atoms with Crippen molar-refractivity contribution in [1.29, 1.82) is 0 Å². The third kappa shape index (κ3) is 3.37. The molecule has 1 aromatic carbocycles. The topological polar surface area (TPSA) is 97.7 Å². The van der Waals surface area contributed by atoms with E-state index >= 15 is 0 Å². The zero-order valence-electron chi connectivity index (χ0n) is 14.6. The third-order valence-corrected chi connectivity index (χ3v) is 3.76. The highest BCUT2D eigenvalue weighted by molar-refractivity contribution is 6.07. The molecule has 0 spiro atoms. The Morgan fingerprint density at radius 2 is 2.16 bits per heavy atom. The number of aromatic nitrogens is 5. The molecule has 0 radical (unpaired) electrons. The molecule has 2 heterocycles. The number of carbonyl (C=O) groups is 1. The lowest BCUT2D eigenvalue weighted by molar-refractivity contribution is 0.102. The second-order valence-electron chi connectivity index (χ2n) is 5.87. The van der Waals surface area contributed by atoms with Gasteiger partial charge >= 0.3 is 0 Å². The van der Waals surface area contributed by atoms with Crippen molar-refractivity contribution < 1.29 is 9.53 Å². The highest BCUT2D eigenvalue weighted by atomic mass is 16.5. The van der Waals surface area contributed by atoms with E-state index in [0.717, 1.165) is 11.4 Å². The van der Waals surface area contributed by atoms with Gasteiger partial charge in [0.25, 0.3) is 5.91 Å². The average Bonchev–Trinajstić information content (AvgIpc) is 3.21. The molecular weight excluding hydrogens is 320 g/mol. The molecule has 8 heteroatoms. The van der Waals surface area contributed by atoms with Crippen molar-refractivity contribution in [2.24, 2.45) is 0 Å². The van der Waals surface area contributed by atoms with Gasteiger partial charge in [-0.15, -0.1) is 5.10 Å². The molecule has 0 aliphatic heterocycles. The van der Waals surface area contributed by atoms with Crippen LogP contribution >= 0.6 is 0 Å². The predicted molar refractivity (Wildman–Crippen MR) is 93.7 cm³/mol. The fraction of sp³-hybridized carbons (Fsp3) is 0.294. The molecule has 25 heavy (non-hydrogen) atoms. The van der Waals surface area contributed by atoms with E-state index in [9.17, 15) is 4.79 Å². The summed E-state index contributed by atoms with van der Waals surface area (Å²) in [5, 5.41) is 13.9. The van der Waals surface area contributed by atoms with E-state index in [0.29, 0.717) is 17.0 Å². The molecule has 0 aliphatic rings. The lowest BCUT2D eigenvalue weighted by Gasteiger charge is -2.06. The number of benzene rings is 1. The fourth-order valence-electron chi connectivity index (χ4n) is 2.57. The molecule has 0 unspecified atom stereocenters. The normalized spacial score (nSPS) is 10.9. The molecule has 0 saturated heterocycles. The van der Waals surface area contributed by atoms with Crippen LogP contribution in [0.15, 0.2) is 30.5 Å². The summed E-state index contributed by atoms with van der Waals surface area (Å²) >= 11 is 0. The van der Waals surface area contributed by atoms with Gasteiger partial charge in [-0.2, -0.15) is 10.1 Å². The van der Waals surface area contributed by atoms with Gasteiger partial charge in [0.2, 0.25) is 5.95 Å². The van der Waals surface area contributed by atoms with Gasteiger partial charge in [0, 0.05) is 11.6 Å². The van der Waals surface area contributed by atoms with E-state index in [4.69, 9.17) is 4.74 Å². The summed E-state index contributed by atoms with van der Waals surface area (Å²) in [7, 11) is 1.60. The molecule has 2 N–H and O–H groups in total. The molecule has 2 aromatic heterocycles. The van der Waals surface area contributed by atoms with E-state index in [1.807, 2.05) is 45.0 Å². The lowest BCUT2D eigenvalue weighted by atomic mass is 10.1. The SMILES string of the molecule is COc1cccc(-c2[nH]ncc2C(=O)Nc2nc(C)n(C(C)C)n2)c1. The average molecular weight is 340 g/mol. The Balaban J connectivity index is 1.86. The Kier molecular flexibility index (Phi) is 4.51. The van der Waals surface area contributed by atoms with Crippen LogP contribution in [-0.4, -0.2) is 38.0 Å². The van der Waals surface area contributed by atoms with Crippen molar-refractivity contribution in [3.8, 4) is 17.0 Å². The van der Waals surface area contributed by atoms with Crippen LogP contribution < -0.4 is 10.1 Å². The molecular formula is C17H20N6O2. The van der Waals surface area contributed by atoms with E-state index in [1.54, 1.807) is 11.8 Å². The zero-order valence-corrected chi connectivity index (χ0v) is 14.6. The van der Waals surface area contributed by atoms with Crippen molar-refractivity contribution in [3.63, 3.8) is 0 Å². The summed E-state index contributed by atoms with van der Waals surface area (Å²) in [6.07, 6.45) is 1.48. The largest absolute Gasteiger partial charge is 0.497 e. The smallest absolute Gasteiger partial charge is 0.261 e. The standard InChI is InChI=1S/C17H20N6O2/c1-10(2)23-11(3)19-17(22-23)20-16(24)14-9-18-21-15(14)12-6-5-7-13(8-12)25-4/h5-10H,1-4H3,(H,18,21)(H,20,22,24). The number of nitrogens with zero attached hydrogens (tertiary/aromatic N) is 4. The van der Waals surface area contributed by atoms with E-state index in [2.05, 4.69) is 25.6 Å². The summed E-state index contributed by atoms with van der Waals surface area (Å²) in [4.78, 5) is 16.9. The molecule has 0 atom stereocenters. The Hall–Kier alpha value is -3.16. The number of carbonyl (C=O) groups excluding carboxylic acids is 1. The second kappa shape index (κ2) is 6.76. The number of ether oxygens (including phenoxy) is 1. The van der Waals surface area contributed by atoms with E-state index in [1.165, 1.54) is 6.20 Å². The maximum absolute atomic E-state index is 12.6. The second-order valence-corrected chi connectivity index (χ2v) is 5.87. The number of hydrogen-bond donors (Lipinski definition) is 2. The van der Waals surface area contributed by atoms with Crippen molar-refractivity contribution in [3.05, 3.63) is 41.9 Å². The third-order valence-electron chi connectivity index (χ3n) is 3.76. The highest BCUT2D eigenvalue weighted by Crippen LogP contribution is 2.25. The maximum atomic E-state index is 12.6. The number of aromatic amines is 1. The van der Waals surface area contributed by atoms with Crippen LogP contribution in [0, 0.1) is 6.92 Å². The summed E-state index contributed by atoms with van der Waals surface area (Å²) in [5.74, 6) is 1.39. The summed E-state index contributed by atoms with van der Waals surface area (Å²) in [6.45, 7) is 5.86. The molecule has 1 amide bonds. The molecule has 0 aliphatic carbocycles. The first-order chi connectivity index (χ1) is 12.0. The number of anilines is 1. The Bertz CT molecular complexity index is 896. The Morgan fingerprint density at radius 3 is 2.84 bits per heavy atom. The van der Waals surface area contributed by atoms with Gasteiger partial charge in [-0.1, -0.05) is 12.1 Å². The fourth-order valence-corrected chi connectivity index (χ4v) is 2.57. The first kappa shape index (κ1) is 16.7. The lowest BCUT2D eigenvalue weighted by Crippen LogP contribution is -2.14. The van der Waals surface area contributed by atoms with Gasteiger partial charge in [0.1, 0.15) is 11.6 Å². The van der Waals surface area contributed by atoms with Gasteiger partial charge in [-0.25, -0.2) is 4.68 Å². The first-order valence-electron chi connectivity index (χ1n) is 7.92. The van der Waals surface area contributed by atoms with Crippen LogP contribution in [0.4, 0.5) is 5.95 Å². The van der Waals surface area contributed by atoms with Crippen LogP contribution in [0.25, 0.3) is 11.3 Å². The van der Waals surface area contributed by atoms with Gasteiger partial charge in [0.15, 0.2) is 0 Å². The van der Waals surface area contributed by atoms with Crippen LogP contribution in [0.2, 0.25) is 0 Å². The van der Waals surface area contributed by atoms with Crippen molar-refractivity contribution in [1.82, 2.24) is 25.0 Å². The number of nitrogens with one attached hydrogen (secondary N) is 2. The van der Waals surface area contributed by atoms with E-state index in [-0.39, 0.29) is 17.9 Å². The number of rotatable bonds is 5. The van der Waals surface area contributed by atoms with Crippen molar-refractivity contribution in [2.75, 3.05) is 12.4 Å². The predicted octanol–water partition coefficient (Wildman–Crippen LogP) is 2.82. The number of aryl methyl sites for hydroxylation is 1. The quantitative estimate of drug-likeness (QED) is 0.744. The van der Waals surface area contributed by atoms with Gasteiger partial charge < -0.3 is 4.74 Å². The van der Waals surface area contributed by atoms with Crippen LogP contribution in [0.3, 0.4) is 0 Å². The number of hydrogen-bond acceptors (Lipinski definition) is 5. The van der Waals surface area contributed by atoms with Crippen LogP contribution in [0.5, 0.6) is 5.75 Å². The number of methoxy groups -OCH3 is 1. The zero-order chi connectivity index (χ0) is 18.0. The van der Waals surface area contributed by atoms with E-state index < -0.39 is 0 Å². The molecule has 8 nitrogen and oxygen atoms in total. The molecule has 0 fully saturated rings. The van der Waals surface area contributed by atoms with Crippen LogP contribution in [-0.2, 0) is 0 Å². The van der Waals surface area contributed by atoms with Crippen molar-refractivity contribution in [2.45, 2.75) is 26.8 Å². The summed E-state index contributed by atoms with van der Waals surface area (Å²) in [5.41, 5.74) is 1.82. The minimum Gasteiger partial charge on any atom is -0.497 e. The Morgan fingerprint density at radius 1 is 1.36 bits per heavy atom. The maximum Gasteiger partial charge on any atom is 0.261 e.